The van der Waals surface area contributed by atoms with Gasteiger partial charge in [-0.1, -0.05) is 18.2 Å². The Morgan fingerprint density at radius 3 is 2.64 bits per heavy atom. The highest BCUT2D eigenvalue weighted by Crippen LogP contribution is 2.25. The van der Waals surface area contributed by atoms with Gasteiger partial charge in [-0.15, -0.1) is 0 Å². The molecule has 0 bridgehead atoms. The van der Waals surface area contributed by atoms with Gasteiger partial charge in [-0.05, 0) is 62.6 Å². The Kier molecular flexibility index (Phi) is 4.79. The highest BCUT2D eigenvalue weighted by molar-refractivity contribution is 6.06. The van der Waals surface area contributed by atoms with E-state index in [4.69, 9.17) is 0 Å². The Bertz CT molecular complexity index is 716. The molecule has 1 aliphatic carbocycles. The van der Waals surface area contributed by atoms with Gasteiger partial charge >= 0.3 is 6.03 Å². The molecule has 6 nitrogen and oxygen atoms in total. The highest BCUT2D eigenvalue weighted by atomic mass is 16.2. The van der Waals surface area contributed by atoms with Gasteiger partial charge in [0, 0.05) is 6.42 Å². The lowest BCUT2D eigenvalue weighted by Gasteiger charge is -2.22. The standard InChI is InChI=1S/C19H25N3O3/c1-12(14-8-7-13-5-3-4-6-15(13)11-14)20-16(23)9-10-19(2)17(24)21-18(25)22-19/h7-8,11-12H,3-6,9-10H2,1-2H3,(H,20,23)(H2,21,22,24,25)/t12-,19+/m1/s1. The van der Waals surface area contributed by atoms with Crippen LogP contribution >= 0.6 is 0 Å². The second-order valence-corrected chi connectivity index (χ2v) is 7.26. The molecule has 6 heteroatoms. The van der Waals surface area contributed by atoms with Gasteiger partial charge in [0.15, 0.2) is 0 Å². The van der Waals surface area contributed by atoms with E-state index in [1.165, 1.54) is 24.0 Å². The van der Waals surface area contributed by atoms with Crippen LogP contribution in [-0.4, -0.2) is 23.4 Å². The van der Waals surface area contributed by atoms with Crippen LogP contribution in [0.3, 0.4) is 0 Å². The van der Waals surface area contributed by atoms with E-state index in [9.17, 15) is 14.4 Å². The smallest absolute Gasteiger partial charge is 0.322 e. The minimum Gasteiger partial charge on any atom is -0.350 e. The topological polar surface area (TPSA) is 87.3 Å². The summed E-state index contributed by atoms with van der Waals surface area (Å²) in [6, 6.07) is 5.87. The minimum atomic E-state index is -1.01. The summed E-state index contributed by atoms with van der Waals surface area (Å²) in [6.07, 6.45) is 5.18. The lowest BCUT2D eigenvalue weighted by Crippen LogP contribution is -2.44. The van der Waals surface area contributed by atoms with Gasteiger partial charge in [0.1, 0.15) is 5.54 Å². The molecule has 0 unspecified atom stereocenters. The Hall–Kier alpha value is -2.37. The molecule has 1 saturated heterocycles. The number of benzene rings is 1. The van der Waals surface area contributed by atoms with E-state index in [-0.39, 0.29) is 30.7 Å². The summed E-state index contributed by atoms with van der Waals surface area (Å²) in [5.41, 5.74) is 2.91. The molecule has 1 aromatic rings. The van der Waals surface area contributed by atoms with Gasteiger partial charge in [-0.2, -0.15) is 0 Å². The molecule has 0 spiro atoms. The average Bonchev–Trinajstić information content (AvgIpc) is 2.85. The fourth-order valence-electron chi connectivity index (χ4n) is 3.54. The molecule has 4 amide bonds. The third-order valence-electron chi connectivity index (χ3n) is 5.22. The van der Waals surface area contributed by atoms with Crippen molar-refractivity contribution < 1.29 is 14.4 Å². The average molecular weight is 343 g/mol. The van der Waals surface area contributed by atoms with Crippen molar-refractivity contribution in [3.8, 4) is 0 Å². The number of urea groups is 1. The molecule has 1 aromatic carbocycles. The molecule has 1 heterocycles. The van der Waals surface area contributed by atoms with Gasteiger partial charge in [0.25, 0.3) is 5.91 Å². The van der Waals surface area contributed by atoms with Crippen molar-refractivity contribution in [2.24, 2.45) is 0 Å². The summed E-state index contributed by atoms with van der Waals surface area (Å²) in [4.78, 5) is 35.3. The van der Waals surface area contributed by atoms with Gasteiger partial charge in [0.2, 0.25) is 5.91 Å². The van der Waals surface area contributed by atoms with Gasteiger partial charge in [-0.3, -0.25) is 14.9 Å². The molecule has 0 aromatic heterocycles. The van der Waals surface area contributed by atoms with Crippen molar-refractivity contribution in [2.75, 3.05) is 0 Å². The zero-order chi connectivity index (χ0) is 18.0. The molecule has 1 fully saturated rings. The number of hydrogen-bond acceptors (Lipinski definition) is 3. The van der Waals surface area contributed by atoms with E-state index >= 15 is 0 Å². The molecule has 0 saturated carbocycles. The summed E-state index contributed by atoms with van der Waals surface area (Å²) in [5.74, 6) is -0.506. The number of imide groups is 1. The Balaban J connectivity index is 1.56. The Morgan fingerprint density at radius 1 is 1.24 bits per heavy atom. The highest BCUT2D eigenvalue weighted by Gasteiger charge is 2.41. The number of fused-ring (bicyclic) bond motifs is 1. The largest absolute Gasteiger partial charge is 0.350 e. The molecule has 0 radical (unpaired) electrons. The molecule has 25 heavy (non-hydrogen) atoms. The number of nitrogens with one attached hydrogen (secondary N) is 3. The van der Waals surface area contributed by atoms with E-state index in [0.717, 1.165) is 18.4 Å². The third kappa shape index (κ3) is 3.83. The second kappa shape index (κ2) is 6.86. The molecule has 3 rings (SSSR count). The Morgan fingerprint density at radius 2 is 1.96 bits per heavy atom. The van der Waals surface area contributed by atoms with Crippen molar-refractivity contribution in [1.29, 1.82) is 0 Å². The number of carbonyl (C=O) groups excluding carboxylic acids is 3. The van der Waals surface area contributed by atoms with Crippen LogP contribution in [0.15, 0.2) is 18.2 Å². The third-order valence-corrected chi connectivity index (χ3v) is 5.22. The van der Waals surface area contributed by atoms with Crippen LogP contribution in [0.5, 0.6) is 0 Å². The maximum absolute atomic E-state index is 12.2. The number of carbonyl (C=O) groups is 3. The first kappa shape index (κ1) is 17.5. The summed E-state index contributed by atoms with van der Waals surface area (Å²) < 4.78 is 0. The van der Waals surface area contributed by atoms with E-state index < -0.39 is 11.6 Å². The number of hydrogen-bond donors (Lipinski definition) is 3. The van der Waals surface area contributed by atoms with E-state index in [2.05, 4.69) is 34.1 Å². The first-order chi connectivity index (χ1) is 11.9. The second-order valence-electron chi connectivity index (χ2n) is 7.26. The van der Waals surface area contributed by atoms with Crippen molar-refractivity contribution in [1.82, 2.24) is 16.0 Å². The van der Waals surface area contributed by atoms with Crippen LogP contribution < -0.4 is 16.0 Å². The van der Waals surface area contributed by atoms with Crippen molar-refractivity contribution in [3.05, 3.63) is 34.9 Å². The molecule has 2 atom stereocenters. The SMILES string of the molecule is C[C@@H](NC(=O)CC[C@]1(C)NC(=O)NC1=O)c1ccc2c(c1)CCCC2. The number of amides is 4. The van der Waals surface area contributed by atoms with Gasteiger partial charge < -0.3 is 10.6 Å². The summed E-state index contributed by atoms with van der Waals surface area (Å²) in [6.45, 7) is 3.60. The fourth-order valence-corrected chi connectivity index (χ4v) is 3.54. The van der Waals surface area contributed by atoms with Gasteiger partial charge in [-0.25, -0.2) is 4.79 Å². The van der Waals surface area contributed by atoms with E-state index in [0.29, 0.717) is 0 Å². The van der Waals surface area contributed by atoms with Crippen LogP contribution in [-0.2, 0) is 22.4 Å². The number of rotatable bonds is 5. The lowest BCUT2D eigenvalue weighted by molar-refractivity contribution is -0.125. The van der Waals surface area contributed by atoms with Crippen molar-refractivity contribution >= 4 is 17.8 Å². The minimum absolute atomic E-state index is 0.0838. The molecule has 2 aliphatic rings. The molecular formula is C19H25N3O3. The monoisotopic (exact) mass is 343 g/mol. The van der Waals surface area contributed by atoms with Crippen molar-refractivity contribution in [2.45, 2.75) is 64.0 Å². The van der Waals surface area contributed by atoms with Crippen LogP contribution in [0.25, 0.3) is 0 Å². The summed E-state index contributed by atoms with van der Waals surface area (Å²) in [7, 11) is 0. The molecule has 134 valence electrons. The zero-order valence-electron chi connectivity index (χ0n) is 14.8. The maximum Gasteiger partial charge on any atom is 0.322 e. The predicted octanol–water partition coefficient (Wildman–Crippen LogP) is 2.12. The summed E-state index contributed by atoms with van der Waals surface area (Å²) in [5, 5.41) is 7.77. The summed E-state index contributed by atoms with van der Waals surface area (Å²) >= 11 is 0. The molecule has 3 N–H and O–H groups in total. The predicted molar refractivity (Wildman–Crippen MR) is 94.0 cm³/mol. The van der Waals surface area contributed by atoms with E-state index in [1.54, 1.807) is 6.92 Å². The lowest BCUT2D eigenvalue weighted by atomic mass is 9.89. The molecular weight excluding hydrogens is 318 g/mol. The molecule has 1 aliphatic heterocycles. The zero-order valence-corrected chi connectivity index (χ0v) is 14.8. The Labute approximate surface area is 147 Å². The van der Waals surface area contributed by atoms with Gasteiger partial charge in [0.05, 0.1) is 6.04 Å². The van der Waals surface area contributed by atoms with Crippen molar-refractivity contribution in [3.63, 3.8) is 0 Å². The normalized spacial score (nSPS) is 23.4. The van der Waals surface area contributed by atoms with E-state index in [1.807, 2.05) is 6.92 Å². The van der Waals surface area contributed by atoms with Crippen LogP contribution in [0, 0.1) is 0 Å². The first-order valence-electron chi connectivity index (χ1n) is 8.92. The fraction of sp³-hybridized carbons (Fsp3) is 0.526. The quantitative estimate of drug-likeness (QED) is 0.716. The van der Waals surface area contributed by atoms with Crippen LogP contribution in [0.4, 0.5) is 4.79 Å². The van der Waals surface area contributed by atoms with Crippen LogP contribution in [0.2, 0.25) is 0 Å². The maximum atomic E-state index is 12.2. The first-order valence-corrected chi connectivity index (χ1v) is 8.92. The van der Waals surface area contributed by atoms with Crippen LogP contribution in [0.1, 0.15) is 62.3 Å². The number of aryl methyl sites for hydroxylation is 2.